The van der Waals surface area contributed by atoms with Gasteiger partial charge in [0.1, 0.15) is 11.4 Å². The van der Waals surface area contributed by atoms with Crippen LogP contribution in [-0.2, 0) is 9.59 Å². The van der Waals surface area contributed by atoms with Crippen molar-refractivity contribution < 1.29 is 14.3 Å². The van der Waals surface area contributed by atoms with E-state index in [1.165, 1.54) is 0 Å². The average molecular weight is 447 g/mol. The van der Waals surface area contributed by atoms with Crippen LogP contribution in [0, 0.1) is 20.8 Å². The van der Waals surface area contributed by atoms with Gasteiger partial charge in [-0.1, -0.05) is 47.5 Å². The molecule has 0 unspecified atom stereocenters. The Kier molecular flexibility index (Phi) is 5.76. The molecule has 1 aliphatic rings. The van der Waals surface area contributed by atoms with E-state index in [0.717, 1.165) is 21.6 Å². The SMILES string of the molecule is COc1ccc(C)cc1NC1=C(c2ccc(C)cc2C)C(=O)N(c2cccc(Cl)c2)C1=O. The number of rotatable bonds is 5. The van der Waals surface area contributed by atoms with Crippen molar-refractivity contribution in [2.75, 3.05) is 17.3 Å². The molecule has 3 aromatic rings. The molecule has 5 nitrogen and oxygen atoms in total. The number of hydrogen-bond acceptors (Lipinski definition) is 4. The maximum atomic E-state index is 13.6. The maximum Gasteiger partial charge on any atom is 0.282 e. The highest BCUT2D eigenvalue weighted by atomic mass is 35.5. The summed E-state index contributed by atoms with van der Waals surface area (Å²) in [7, 11) is 1.56. The van der Waals surface area contributed by atoms with Crippen molar-refractivity contribution >= 4 is 40.4 Å². The molecule has 0 aromatic heterocycles. The topological polar surface area (TPSA) is 58.6 Å². The van der Waals surface area contributed by atoms with Crippen LogP contribution in [0.2, 0.25) is 5.02 Å². The van der Waals surface area contributed by atoms with Gasteiger partial charge in [-0.25, -0.2) is 4.90 Å². The molecule has 0 radical (unpaired) electrons. The van der Waals surface area contributed by atoms with Crippen molar-refractivity contribution in [3.8, 4) is 5.75 Å². The molecule has 1 N–H and O–H groups in total. The minimum Gasteiger partial charge on any atom is -0.495 e. The Morgan fingerprint density at radius 3 is 2.28 bits per heavy atom. The predicted molar refractivity (Wildman–Crippen MR) is 128 cm³/mol. The number of aryl methyl sites for hydroxylation is 3. The van der Waals surface area contributed by atoms with Gasteiger partial charge in [-0.05, 0) is 67.8 Å². The van der Waals surface area contributed by atoms with Crippen molar-refractivity contribution in [2.45, 2.75) is 20.8 Å². The molecular weight excluding hydrogens is 424 g/mol. The van der Waals surface area contributed by atoms with Gasteiger partial charge in [0, 0.05) is 5.02 Å². The highest BCUT2D eigenvalue weighted by Crippen LogP contribution is 2.37. The van der Waals surface area contributed by atoms with E-state index in [4.69, 9.17) is 16.3 Å². The van der Waals surface area contributed by atoms with Gasteiger partial charge in [0.2, 0.25) is 0 Å². The van der Waals surface area contributed by atoms with E-state index in [9.17, 15) is 9.59 Å². The van der Waals surface area contributed by atoms with E-state index >= 15 is 0 Å². The number of halogens is 1. The smallest absolute Gasteiger partial charge is 0.282 e. The highest BCUT2D eigenvalue weighted by Gasteiger charge is 2.41. The lowest BCUT2D eigenvalue weighted by Crippen LogP contribution is -2.32. The van der Waals surface area contributed by atoms with Crippen molar-refractivity contribution in [3.63, 3.8) is 0 Å². The number of ether oxygens (including phenoxy) is 1. The summed E-state index contributed by atoms with van der Waals surface area (Å²) in [5, 5.41) is 3.64. The standard InChI is InChI=1S/C26H23ClN2O3/c1-15-8-10-20(17(3)12-15)23-24(28-21-13-16(2)9-11-22(21)32-4)26(31)29(25(23)30)19-7-5-6-18(27)14-19/h5-14,28H,1-4H3. The minimum atomic E-state index is -0.448. The van der Waals surface area contributed by atoms with Gasteiger partial charge in [0.15, 0.2) is 0 Å². The molecular formula is C26H23ClN2O3. The van der Waals surface area contributed by atoms with Crippen molar-refractivity contribution in [3.05, 3.63) is 93.6 Å². The summed E-state index contributed by atoms with van der Waals surface area (Å²) >= 11 is 6.14. The number of hydrogen-bond donors (Lipinski definition) is 1. The number of carbonyl (C=O) groups is 2. The van der Waals surface area contributed by atoms with Crippen LogP contribution in [0.15, 0.2) is 66.4 Å². The van der Waals surface area contributed by atoms with Crippen LogP contribution in [0.25, 0.3) is 5.57 Å². The van der Waals surface area contributed by atoms with Crippen LogP contribution in [0.1, 0.15) is 22.3 Å². The molecule has 6 heteroatoms. The second kappa shape index (κ2) is 8.52. The van der Waals surface area contributed by atoms with Crippen LogP contribution in [0.4, 0.5) is 11.4 Å². The fourth-order valence-electron chi connectivity index (χ4n) is 3.89. The van der Waals surface area contributed by atoms with E-state index in [-0.39, 0.29) is 5.70 Å². The first-order valence-corrected chi connectivity index (χ1v) is 10.6. The summed E-state index contributed by atoms with van der Waals surface area (Å²) in [6.07, 6.45) is 0. The van der Waals surface area contributed by atoms with Gasteiger partial charge >= 0.3 is 0 Å². The highest BCUT2D eigenvalue weighted by molar-refractivity contribution is 6.46. The lowest BCUT2D eigenvalue weighted by Gasteiger charge is -2.16. The fraction of sp³-hybridized carbons (Fsp3) is 0.154. The number of benzene rings is 3. The molecule has 4 rings (SSSR count). The maximum absolute atomic E-state index is 13.6. The number of carbonyl (C=O) groups excluding carboxylic acids is 2. The van der Waals surface area contributed by atoms with Gasteiger partial charge in [0.25, 0.3) is 11.8 Å². The Bertz CT molecular complexity index is 1280. The van der Waals surface area contributed by atoms with Gasteiger partial charge in [-0.15, -0.1) is 0 Å². The summed E-state index contributed by atoms with van der Waals surface area (Å²) < 4.78 is 5.47. The van der Waals surface area contributed by atoms with E-state index in [2.05, 4.69) is 5.32 Å². The zero-order valence-corrected chi connectivity index (χ0v) is 19.1. The van der Waals surface area contributed by atoms with Gasteiger partial charge in [-0.2, -0.15) is 0 Å². The van der Waals surface area contributed by atoms with Gasteiger partial charge in [0.05, 0.1) is 24.1 Å². The van der Waals surface area contributed by atoms with E-state index in [0.29, 0.717) is 33.3 Å². The summed E-state index contributed by atoms with van der Waals surface area (Å²) in [4.78, 5) is 28.4. The molecule has 0 saturated heterocycles. The zero-order valence-electron chi connectivity index (χ0n) is 18.3. The molecule has 0 bridgehead atoms. The summed E-state index contributed by atoms with van der Waals surface area (Å²) in [6.45, 7) is 5.87. The van der Waals surface area contributed by atoms with Crippen LogP contribution in [-0.4, -0.2) is 18.9 Å². The summed E-state index contributed by atoms with van der Waals surface area (Å²) in [5.74, 6) is -0.279. The second-order valence-electron chi connectivity index (χ2n) is 7.82. The Morgan fingerprint density at radius 1 is 0.875 bits per heavy atom. The van der Waals surface area contributed by atoms with Crippen LogP contribution >= 0.6 is 11.6 Å². The lowest BCUT2D eigenvalue weighted by molar-refractivity contribution is -0.120. The Hall–Kier alpha value is -3.57. The quantitative estimate of drug-likeness (QED) is 0.513. The third-order valence-corrected chi connectivity index (χ3v) is 5.65. The Labute approximate surface area is 192 Å². The number of nitrogens with zero attached hydrogens (tertiary/aromatic N) is 1. The first kappa shape index (κ1) is 21.7. The van der Waals surface area contributed by atoms with Crippen molar-refractivity contribution in [2.24, 2.45) is 0 Å². The molecule has 2 amide bonds. The minimum absolute atomic E-state index is 0.200. The van der Waals surface area contributed by atoms with Crippen LogP contribution in [0.5, 0.6) is 5.75 Å². The molecule has 0 saturated carbocycles. The average Bonchev–Trinajstić information content (AvgIpc) is 2.98. The summed E-state index contributed by atoms with van der Waals surface area (Å²) in [6, 6.07) is 18.1. The van der Waals surface area contributed by atoms with Gasteiger partial charge in [-0.3, -0.25) is 9.59 Å². The summed E-state index contributed by atoms with van der Waals surface area (Å²) in [5.41, 5.74) is 5.22. The molecule has 0 spiro atoms. The Balaban J connectivity index is 1.90. The predicted octanol–water partition coefficient (Wildman–Crippen LogP) is 5.67. The first-order chi connectivity index (χ1) is 15.3. The number of amides is 2. The molecule has 0 aliphatic carbocycles. The number of nitrogens with one attached hydrogen (secondary N) is 1. The van der Waals surface area contributed by atoms with Crippen LogP contribution in [0.3, 0.4) is 0 Å². The number of imide groups is 1. The second-order valence-corrected chi connectivity index (χ2v) is 8.26. The molecule has 32 heavy (non-hydrogen) atoms. The molecule has 162 valence electrons. The van der Waals surface area contributed by atoms with E-state index < -0.39 is 11.8 Å². The largest absolute Gasteiger partial charge is 0.495 e. The monoisotopic (exact) mass is 446 g/mol. The molecule has 0 fully saturated rings. The Morgan fingerprint density at radius 2 is 1.59 bits per heavy atom. The fourth-order valence-corrected chi connectivity index (χ4v) is 4.08. The van der Waals surface area contributed by atoms with Crippen molar-refractivity contribution in [1.29, 1.82) is 0 Å². The number of methoxy groups -OCH3 is 1. The number of anilines is 2. The van der Waals surface area contributed by atoms with E-state index in [1.807, 2.05) is 57.2 Å². The molecule has 3 aromatic carbocycles. The normalized spacial score (nSPS) is 13.7. The van der Waals surface area contributed by atoms with Gasteiger partial charge < -0.3 is 10.1 Å². The first-order valence-electron chi connectivity index (χ1n) is 10.2. The lowest BCUT2D eigenvalue weighted by atomic mass is 9.97. The third-order valence-electron chi connectivity index (χ3n) is 5.42. The molecule has 0 atom stereocenters. The van der Waals surface area contributed by atoms with Crippen molar-refractivity contribution in [1.82, 2.24) is 0 Å². The molecule has 1 heterocycles. The van der Waals surface area contributed by atoms with E-state index in [1.54, 1.807) is 31.4 Å². The zero-order chi connectivity index (χ0) is 23.0. The third kappa shape index (κ3) is 3.87. The molecule has 1 aliphatic heterocycles. The van der Waals surface area contributed by atoms with Crippen LogP contribution < -0.4 is 15.0 Å².